The Hall–Kier alpha value is -2.41. The van der Waals surface area contributed by atoms with Crippen LogP contribution in [0.3, 0.4) is 0 Å². The first kappa shape index (κ1) is 15.5. The zero-order chi connectivity index (χ0) is 16.2. The Kier molecular flexibility index (Phi) is 4.57. The number of carbonyl (C=O) groups is 1. The minimum absolute atomic E-state index is 0.118. The number of amides is 2. The van der Waals surface area contributed by atoms with Gasteiger partial charge in [-0.3, -0.25) is 0 Å². The molecule has 1 atom stereocenters. The zero-order valence-corrected chi connectivity index (χ0v) is 13.0. The van der Waals surface area contributed by atoms with Gasteiger partial charge in [0.05, 0.1) is 6.54 Å². The van der Waals surface area contributed by atoms with Crippen molar-refractivity contribution in [1.29, 1.82) is 0 Å². The molecule has 0 bridgehead atoms. The van der Waals surface area contributed by atoms with Crippen molar-refractivity contribution in [3.8, 4) is 11.4 Å². The number of aryl methyl sites for hydroxylation is 1. The van der Waals surface area contributed by atoms with Gasteiger partial charge in [0.15, 0.2) is 0 Å². The lowest BCUT2D eigenvalue weighted by molar-refractivity contribution is 0.196. The van der Waals surface area contributed by atoms with Crippen molar-refractivity contribution >= 4 is 6.03 Å². The number of hydrogen-bond acceptors (Lipinski definition) is 5. The summed E-state index contributed by atoms with van der Waals surface area (Å²) in [5.74, 6) is 1.06. The van der Waals surface area contributed by atoms with Gasteiger partial charge < -0.3 is 19.8 Å². The summed E-state index contributed by atoms with van der Waals surface area (Å²) in [6.07, 6.45) is 0.835. The van der Waals surface area contributed by atoms with E-state index in [1.54, 1.807) is 4.90 Å². The Morgan fingerprint density at radius 1 is 1.43 bits per heavy atom. The molecule has 1 fully saturated rings. The van der Waals surface area contributed by atoms with Gasteiger partial charge in [-0.2, -0.15) is 4.98 Å². The predicted octanol–water partition coefficient (Wildman–Crippen LogP) is 1.57. The number of rotatable bonds is 4. The lowest BCUT2D eigenvalue weighted by Crippen LogP contribution is -2.38. The van der Waals surface area contributed by atoms with E-state index < -0.39 is 0 Å². The number of benzene rings is 1. The number of carbonyl (C=O) groups excluding carboxylic acids is 1. The molecule has 0 spiro atoms. The standard InChI is InChI=1S/C16H20N4O3/c1-11-2-4-13(5-3-11)15-18-14(23-19-15)8-17-16(22)20-7-6-12(9-20)10-21/h2-5,12,21H,6-10H2,1H3,(H,17,22)/t12-/m1/s1. The third-order valence-corrected chi connectivity index (χ3v) is 4.00. The second kappa shape index (κ2) is 6.78. The van der Waals surface area contributed by atoms with Gasteiger partial charge in [0.25, 0.3) is 0 Å². The molecule has 3 rings (SSSR count). The highest BCUT2D eigenvalue weighted by molar-refractivity contribution is 5.74. The average Bonchev–Trinajstić information content (AvgIpc) is 3.22. The van der Waals surface area contributed by atoms with Crippen molar-refractivity contribution < 1.29 is 14.4 Å². The van der Waals surface area contributed by atoms with Crippen LogP contribution < -0.4 is 5.32 Å². The molecule has 7 nitrogen and oxygen atoms in total. The maximum absolute atomic E-state index is 12.0. The molecule has 0 saturated carbocycles. The largest absolute Gasteiger partial charge is 0.396 e. The summed E-state index contributed by atoms with van der Waals surface area (Å²) in [7, 11) is 0. The van der Waals surface area contributed by atoms with Gasteiger partial charge in [-0.25, -0.2) is 4.79 Å². The number of hydrogen-bond donors (Lipinski definition) is 2. The third kappa shape index (κ3) is 3.68. The van der Waals surface area contributed by atoms with Crippen LogP contribution in [-0.4, -0.2) is 45.9 Å². The van der Waals surface area contributed by atoms with E-state index in [1.165, 1.54) is 0 Å². The van der Waals surface area contributed by atoms with Crippen LogP contribution in [0.1, 0.15) is 17.9 Å². The number of likely N-dealkylation sites (tertiary alicyclic amines) is 1. The molecule has 0 radical (unpaired) electrons. The summed E-state index contributed by atoms with van der Waals surface area (Å²) in [5, 5.41) is 15.8. The van der Waals surface area contributed by atoms with Gasteiger partial charge in [0.2, 0.25) is 11.7 Å². The van der Waals surface area contributed by atoms with E-state index >= 15 is 0 Å². The van der Waals surface area contributed by atoms with E-state index in [-0.39, 0.29) is 25.1 Å². The number of nitrogens with one attached hydrogen (secondary N) is 1. The summed E-state index contributed by atoms with van der Waals surface area (Å²) in [6.45, 7) is 3.57. The Bertz CT molecular complexity index is 668. The third-order valence-electron chi connectivity index (χ3n) is 4.00. The normalized spacial score (nSPS) is 17.5. The van der Waals surface area contributed by atoms with Gasteiger partial charge in [-0.15, -0.1) is 0 Å². The molecule has 2 amide bonds. The van der Waals surface area contributed by atoms with Gasteiger partial charge >= 0.3 is 6.03 Å². The van der Waals surface area contributed by atoms with Crippen molar-refractivity contribution in [2.45, 2.75) is 19.9 Å². The molecule has 1 aliphatic rings. The van der Waals surface area contributed by atoms with E-state index in [1.807, 2.05) is 31.2 Å². The fraction of sp³-hybridized carbons (Fsp3) is 0.438. The number of nitrogens with zero attached hydrogens (tertiary/aromatic N) is 3. The molecule has 7 heteroatoms. The number of aromatic nitrogens is 2. The summed E-state index contributed by atoms with van der Waals surface area (Å²) < 4.78 is 5.17. The molecular formula is C16H20N4O3. The van der Waals surface area contributed by atoms with Crippen molar-refractivity contribution in [3.63, 3.8) is 0 Å². The molecular weight excluding hydrogens is 296 g/mol. The highest BCUT2D eigenvalue weighted by Gasteiger charge is 2.25. The molecule has 23 heavy (non-hydrogen) atoms. The van der Waals surface area contributed by atoms with Crippen molar-refractivity contribution in [1.82, 2.24) is 20.4 Å². The minimum atomic E-state index is -0.170. The van der Waals surface area contributed by atoms with E-state index in [0.29, 0.717) is 24.8 Å². The first-order valence-corrected chi connectivity index (χ1v) is 7.69. The maximum Gasteiger partial charge on any atom is 0.317 e. The van der Waals surface area contributed by atoms with E-state index in [9.17, 15) is 4.79 Å². The number of urea groups is 1. The molecule has 2 aromatic rings. The van der Waals surface area contributed by atoms with Crippen LogP contribution in [0.4, 0.5) is 4.79 Å². The highest BCUT2D eigenvalue weighted by atomic mass is 16.5. The molecule has 1 saturated heterocycles. The molecule has 122 valence electrons. The topological polar surface area (TPSA) is 91.5 Å². The summed E-state index contributed by atoms with van der Waals surface area (Å²) in [5.41, 5.74) is 2.04. The first-order chi connectivity index (χ1) is 11.2. The second-order valence-electron chi connectivity index (χ2n) is 5.82. The second-order valence-corrected chi connectivity index (χ2v) is 5.82. The minimum Gasteiger partial charge on any atom is -0.396 e. The molecule has 1 aliphatic heterocycles. The van der Waals surface area contributed by atoms with Gasteiger partial charge in [-0.1, -0.05) is 35.0 Å². The highest BCUT2D eigenvalue weighted by Crippen LogP contribution is 2.17. The summed E-state index contributed by atoms with van der Waals surface area (Å²) in [4.78, 5) is 18.0. The SMILES string of the molecule is Cc1ccc(-c2noc(CNC(=O)N3CC[C@@H](CO)C3)n2)cc1. The van der Waals surface area contributed by atoms with Gasteiger partial charge in [-0.05, 0) is 13.3 Å². The van der Waals surface area contributed by atoms with Crippen molar-refractivity contribution in [2.24, 2.45) is 5.92 Å². The summed E-state index contributed by atoms with van der Waals surface area (Å²) in [6, 6.07) is 7.66. The molecule has 1 aromatic heterocycles. The Morgan fingerprint density at radius 3 is 2.91 bits per heavy atom. The van der Waals surface area contributed by atoms with Crippen LogP contribution in [0.25, 0.3) is 11.4 Å². The molecule has 2 heterocycles. The van der Waals surface area contributed by atoms with Gasteiger partial charge in [0, 0.05) is 31.2 Å². The van der Waals surface area contributed by atoms with Crippen LogP contribution in [0, 0.1) is 12.8 Å². The maximum atomic E-state index is 12.0. The Balaban J connectivity index is 1.55. The first-order valence-electron chi connectivity index (χ1n) is 7.69. The number of aliphatic hydroxyl groups is 1. The predicted molar refractivity (Wildman–Crippen MR) is 83.5 cm³/mol. The average molecular weight is 316 g/mol. The molecule has 2 N–H and O–H groups in total. The van der Waals surface area contributed by atoms with Crippen LogP contribution in [0.2, 0.25) is 0 Å². The fourth-order valence-corrected chi connectivity index (χ4v) is 2.58. The monoisotopic (exact) mass is 316 g/mol. The van der Waals surface area contributed by atoms with E-state index in [0.717, 1.165) is 17.5 Å². The Morgan fingerprint density at radius 2 is 2.22 bits per heavy atom. The van der Waals surface area contributed by atoms with Crippen LogP contribution in [0.15, 0.2) is 28.8 Å². The van der Waals surface area contributed by atoms with Crippen molar-refractivity contribution in [3.05, 3.63) is 35.7 Å². The zero-order valence-electron chi connectivity index (χ0n) is 13.0. The quantitative estimate of drug-likeness (QED) is 0.893. The van der Waals surface area contributed by atoms with Gasteiger partial charge in [0.1, 0.15) is 0 Å². The lowest BCUT2D eigenvalue weighted by Gasteiger charge is -2.16. The Labute approximate surface area is 134 Å². The molecule has 0 unspecified atom stereocenters. The summed E-state index contributed by atoms with van der Waals surface area (Å²) >= 11 is 0. The van der Waals surface area contributed by atoms with E-state index in [2.05, 4.69) is 15.5 Å². The van der Waals surface area contributed by atoms with Crippen LogP contribution in [0.5, 0.6) is 0 Å². The van der Waals surface area contributed by atoms with Crippen LogP contribution >= 0.6 is 0 Å². The van der Waals surface area contributed by atoms with Crippen molar-refractivity contribution in [2.75, 3.05) is 19.7 Å². The fourth-order valence-electron chi connectivity index (χ4n) is 2.58. The molecule has 1 aromatic carbocycles. The molecule has 0 aliphatic carbocycles. The smallest absolute Gasteiger partial charge is 0.317 e. The van der Waals surface area contributed by atoms with E-state index in [4.69, 9.17) is 9.63 Å². The lowest BCUT2D eigenvalue weighted by atomic mass is 10.1. The number of aliphatic hydroxyl groups excluding tert-OH is 1. The van der Waals surface area contributed by atoms with Crippen LogP contribution in [-0.2, 0) is 6.54 Å².